The molecule has 0 spiro atoms. The molecule has 3 aliphatic rings. The predicted octanol–water partition coefficient (Wildman–Crippen LogP) is 10.4. The Bertz CT molecular complexity index is 1720. The summed E-state index contributed by atoms with van der Waals surface area (Å²) < 4.78 is 5.47. The van der Waals surface area contributed by atoms with E-state index in [1.807, 2.05) is 0 Å². The quantitative estimate of drug-likeness (QED) is 0.154. The van der Waals surface area contributed by atoms with Crippen molar-refractivity contribution in [3.63, 3.8) is 0 Å². The van der Waals surface area contributed by atoms with Gasteiger partial charge >= 0.3 is 0 Å². The van der Waals surface area contributed by atoms with Crippen LogP contribution in [0.1, 0.15) is 119 Å². The molecule has 2 aliphatic carbocycles. The summed E-state index contributed by atoms with van der Waals surface area (Å²) in [5.41, 5.74) is 10.7. The van der Waals surface area contributed by atoms with Gasteiger partial charge in [-0.2, -0.15) is 4.40 Å². The minimum atomic E-state index is 0.109. The Labute approximate surface area is 245 Å². The number of rotatable bonds is 5. The van der Waals surface area contributed by atoms with Crippen molar-refractivity contribution in [3.8, 4) is 11.3 Å². The van der Waals surface area contributed by atoms with Crippen molar-refractivity contribution in [2.45, 2.75) is 115 Å². The SMILES string of the molecule is CCC1(CC)Cc2cccc3c4ccccc4n4c(-c5c(C6CCCCC6)cccc5C5CCCCC5)c[n+]1c4c23. The molecule has 2 saturated carbocycles. The predicted molar refractivity (Wildman–Crippen MR) is 172 cm³/mol. The summed E-state index contributed by atoms with van der Waals surface area (Å²) in [5.74, 6) is 1.35. The molecule has 0 N–H and O–H groups in total. The second-order valence-electron chi connectivity index (χ2n) is 13.5. The van der Waals surface area contributed by atoms with Crippen LogP contribution in [0.25, 0.3) is 38.6 Å². The molecule has 5 aromatic rings. The molecule has 0 unspecified atom stereocenters. The molecule has 0 saturated heterocycles. The summed E-state index contributed by atoms with van der Waals surface area (Å²) >= 11 is 0. The number of fused-ring (bicyclic) bond motifs is 3. The summed E-state index contributed by atoms with van der Waals surface area (Å²) in [6, 6.07) is 23.7. The van der Waals surface area contributed by atoms with Crippen LogP contribution >= 0.6 is 0 Å². The molecule has 0 bridgehead atoms. The third-order valence-corrected chi connectivity index (χ3v) is 11.6. The average Bonchev–Trinajstić information content (AvgIpc) is 3.46. The molecule has 3 aromatic carbocycles. The fraction of sp³-hybridized carbons (Fsp3) is 0.462. The number of para-hydroxylation sites is 1. The van der Waals surface area contributed by atoms with Crippen LogP contribution in [-0.2, 0) is 12.0 Å². The minimum Gasteiger partial charge on any atom is -0.223 e. The van der Waals surface area contributed by atoms with Crippen molar-refractivity contribution < 1.29 is 4.57 Å². The van der Waals surface area contributed by atoms with Crippen LogP contribution in [0.4, 0.5) is 0 Å². The van der Waals surface area contributed by atoms with Gasteiger partial charge in [0.2, 0.25) is 0 Å². The number of benzene rings is 3. The second kappa shape index (κ2) is 10.0. The highest BCUT2D eigenvalue weighted by Crippen LogP contribution is 2.47. The van der Waals surface area contributed by atoms with Gasteiger partial charge in [-0.1, -0.05) is 107 Å². The van der Waals surface area contributed by atoms with Crippen LogP contribution in [0.3, 0.4) is 0 Å². The van der Waals surface area contributed by atoms with Gasteiger partial charge in [-0.25, -0.2) is 4.57 Å². The minimum absolute atomic E-state index is 0.109. The Hall–Kier alpha value is -3.13. The van der Waals surface area contributed by atoms with Crippen LogP contribution in [0.15, 0.2) is 66.9 Å². The number of pyridine rings is 1. The molecular formula is C39H45N2+. The van der Waals surface area contributed by atoms with E-state index in [0.29, 0.717) is 11.8 Å². The zero-order valence-corrected chi connectivity index (χ0v) is 25.1. The number of hydrogen-bond acceptors (Lipinski definition) is 0. The molecule has 1 aliphatic heterocycles. The summed E-state index contributed by atoms with van der Waals surface area (Å²) in [4.78, 5) is 0. The second-order valence-corrected chi connectivity index (χ2v) is 13.5. The van der Waals surface area contributed by atoms with E-state index in [0.717, 1.165) is 19.3 Å². The lowest BCUT2D eigenvalue weighted by atomic mass is 9.76. The molecule has 0 atom stereocenters. The lowest BCUT2D eigenvalue weighted by molar-refractivity contribution is -0.743. The third-order valence-electron chi connectivity index (χ3n) is 11.6. The molecule has 41 heavy (non-hydrogen) atoms. The summed E-state index contributed by atoms with van der Waals surface area (Å²) in [6.45, 7) is 4.82. The first-order valence-electron chi connectivity index (χ1n) is 16.8. The number of aromatic nitrogens is 2. The van der Waals surface area contributed by atoms with Gasteiger partial charge in [-0.3, -0.25) is 0 Å². The Morgan fingerprint density at radius 3 is 1.98 bits per heavy atom. The average molecular weight is 542 g/mol. The van der Waals surface area contributed by atoms with Crippen molar-refractivity contribution in [2.75, 3.05) is 0 Å². The van der Waals surface area contributed by atoms with E-state index in [2.05, 4.69) is 89.7 Å². The Balaban J connectivity index is 1.53. The van der Waals surface area contributed by atoms with Gasteiger partial charge in [0.15, 0.2) is 5.69 Å². The van der Waals surface area contributed by atoms with E-state index in [9.17, 15) is 0 Å². The third kappa shape index (κ3) is 3.78. The fourth-order valence-corrected chi connectivity index (χ4v) is 9.28. The van der Waals surface area contributed by atoms with Gasteiger partial charge in [0, 0.05) is 22.8 Å². The maximum atomic E-state index is 2.76. The van der Waals surface area contributed by atoms with Gasteiger partial charge in [0.1, 0.15) is 17.3 Å². The highest BCUT2D eigenvalue weighted by molar-refractivity contribution is 6.13. The Kier molecular flexibility index (Phi) is 6.24. The molecule has 2 fully saturated rings. The van der Waals surface area contributed by atoms with Crippen LogP contribution < -0.4 is 4.57 Å². The molecule has 3 heterocycles. The fourth-order valence-electron chi connectivity index (χ4n) is 9.28. The molecule has 8 rings (SSSR count). The van der Waals surface area contributed by atoms with Crippen LogP contribution in [0, 0.1) is 0 Å². The van der Waals surface area contributed by atoms with Gasteiger partial charge in [0.25, 0.3) is 5.65 Å². The first kappa shape index (κ1) is 25.6. The van der Waals surface area contributed by atoms with Crippen molar-refractivity contribution in [2.24, 2.45) is 0 Å². The smallest absolute Gasteiger partial charge is 0.223 e. The van der Waals surface area contributed by atoms with Gasteiger partial charge in [0.05, 0.1) is 5.39 Å². The topological polar surface area (TPSA) is 8.29 Å². The lowest BCUT2D eigenvalue weighted by Crippen LogP contribution is -2.58. The van der Waals surface area contributed by atoms with Gasteiger partial charge < -0.3 is 0 Å². The van der Waals surface area contributed by atoms with Gasteiger partial charge in [-0.15, -0.1) is 0 Å². The van der Waals surface area contributed by atoms with Crippen LogP contribution in [0.5, 0.6) is 0 Å². The van der Waals surface area contributed by atoms with E-state index in [1.54, 1.807) is 16.7 Å². The highest BCUT2D eigenvalue weighted by Gasteiger charge is 2.43. The van der Waals surface area contributed by atoms with Crippen molar-refractivity contribution in [1.29, 1.82) is 0 Å². The van der Waals surface area contributed by atoms with E-state index >= 15 is 0 Å². The van der Waals surface area contributed by atoms with E-state index in [-0.39, 0.29) is 5.54 Å². The van der Waals surface area contributed by atoms with Crippen LogP contribution in [-0.4, -0.2) is 4.40 Å². The normalized spacial score (nSPS) is 19.6. The molecule has 2 aromatic heterocycles. The maximum absolute atomic E-state index is 2.76. The summed E-state index contributed by atoms with van der Waals surface area (Å²) in [5, 5.41) is 4.28. The molecule has 0 amide bonds. The summed E-state index contributed by atoms with van der Waals surface area (Å²) in [7, 11) is 0. The Morgan fingerprint density at radius 2 is 1.32 bits per heavy atom. The largest absolute Gasteiger partial charge is 0.295 e. The van der Waals surface area contributed by atoms with E-state index in [1.165, 1.54) is 103 Å². The molecule has 2 heteroatoms. The van der Waals surface area contributed by atoms with Crippen LogP contribution in [0.2, 0.25) is 0 Å². The van der Waals surface area contributed by atoms with E-state index in [4.69, 9.17) is 0 Å². The first-order chi connectivity index (χ1) is 20.2. The number of imidazole rings is 1. The zero-order chi connectivity index (χ0) is 27.6. The standard InChI is InChI=1S/C39H45N2/c1-3-39(4-2)25-29-19-13-23-33-32-20-11-12-24-34(32)41-35(26-40(39)38(41)36(29)33)37-30(27-15-7-5-8-16-27)21-14-22-31(37)28-17-9-6-10-18-28/h11-14,19-24,26-28H,3-10,15-18,25H2,1-2H3/q+1. The first-order valence-corrected chi connectivity index (χ1v) is 16.8. The van der Waals surface area contributed by atoms with Crippen molar-refractivity contribution >= 4 is 27.3 Å². The summed E-state index contributed by atoms with van der Waals surface area (Å²) in [6.07, 6.45) is 19.7. The Morgan fingerprint density at radius 1 is 0.707 bits per heavy atom. The van der Waals surface area contributed by atoms with Crippen molar-refractivity contribution in [3.05, 3.63) is 83.6 Å². The lowest BCUT2D eigenvalue weighted by Gasteiger charge is -2.32. The number of hydrogen-bond donors (Lipinski definition) is 0. The van der Waals surface area contributed by atoms with Gasteiger partial charge in [-0.05, 0) is 73.1 Å². The molecule has 2 nitrogen and oxygen atoms in total. The van der Waals surface area contributed by atoms with E-state index < -0.39 is 0 Å². The maximum Gasteiger partial charge on any atom is 0.295 e. The molecular weight excluding hydrogens is 496 g/mol. The zero-order valence-electron chi connectivity index (χ0n) is 25.1. The van der Waals surface area contributed by atoms with Crippen molar-refractivity contribution in [1.82, 2.24) is 4.40 Å². The monoisotopic (exact) mass is 541 g/mol. The number of nitrogens with zero attached hydrogens (tertiary/aromatic N) is 2. The molecule has 210 valence electrons. The molecule has 0 radical (unpaired) electrons. The highest BCUT2D eigenvalue weighted by atomic mass is 15.2.